The summed E-state index contributed by atoms with van der Waals surface area (Å²) in [6, 6.07) is 8.85. The maximum Gasteiger partial charge on any atom is 0.272 e. The summed E-state index contributed by atoms with van der Waals surface area (Å²) in [6.45, 7) is 2.93. The van der Waals surface area contributed by atoms with Crippen LogP contribution in [0.1, 0.15) is 39.1 Å². The smallest absolute Gasteiger partial charge is 0.272 e. The van der Waals surface area contributed by atoms with E-state index < -0.39 is 10.8 Å². The molecule has 27 heavy (non-hydrogen) atoms. The van der Waals surface area contributed by atoms with E-state index in [1.807, 2.05) is 0 Å². The summed E-state index contributed by atoms with van der Waals surface area (Å²) < 4.78 is 0. The Kier molecular flexibility index (Phi) is 5.41. The van der Waals surface area contributed by atoms with Gasteiger partial charge in [-0.2, -0.15) is 0 Å². The molecule has 0 aromatic heterocycles. The highest BCUT2D eigenvalue weighted by atomic mass is 35.5. The van der Waals surface area contributed by atoms with Crippen LogP contribution in [-0.2, 0) is 0 Å². The predicted molar refractivity (Wildman–Crippen MR) is 102 cm³/mol. The summed E-state index contributed by atoms with van der Waals surface area (Å²) in [7, 11) is 0. The number of carbonyl (C=O) groups excluding carboxylic acids is 2. The number of nitrogens with zero attached hydrogens (tertiary/aromatic N) is 2. The van der Waals surface area contributed by atoms with E-state index in [0.717, 1.165) is 12.8 Å². The van der Waals surface area contributed by atoms with Gasteiger partial charge in [0.15, 0.2) is 0 Å². The van der Waals surface area contributed by atoms with Crippen LogP contribution in [-0.4, -0.2) is 34.7 Å². The minimum atomic E-state index is -0.497. The van der Waals surface area contributed by atoms with Gasteiger partial charge in [0, 0.05) is 35.3 Å². The molecule has 7 nitrogen and oxygen atoms in total. The van der Waals surface area contributed by atoms with Crippen molar-refractivity contribution < 1.29 is 14.5 Å². The van der Waals surface area contributed by atoms with Gasteiger partial charge in [-0.1, -0.05) is 11.6 Å². The van der Waals surface area contributed by atoms with Gasteiger partial charge in [-0.05, 0) is 50.1 Å². The molecular formula is C19H18ClN3O4. The fraction of sp³-hybridized carbons (Fsp3) is 0.263. The van der Waals surface area contributed by atoms with Crippen LogP contribution in [0.15, 0.2) is 36.4 Å². The van der Waals surface area contributed by atoms with E-state index in [1.54, 1.807) is 30.0 Å². The maximum atomic E-state index is 12.8. The molecular weight excluding hydrogens is 370 g/mol. The van der Waals surface area contributed by atoms with Crippen molar-refractivity contribution in [2.45, 2.75) is 19.8 Å². The second kappa shape index (κ2) is 7.75. The van der Waals surface area contributed by atoms with Gasteiger partial charge in [-0.25, -0.2) is 0 Å². The molecule has 0 saturated carbocycles. The standard InChI is InChI=1S/C19H18ClN3O4/c1-12-10-13(4-7-17(12)23(26)27)18(24)21-16-6-5-14(20)11-15(16)19(25)22-8-2-3-9-22/h4-7,10-11H,2-3,8-9H2,1H3,(H,21,24). The average Bonchev–Trinajstić information content (AvgIpc) is 3.16. The van der Waals surface area contributed by atoms with Crippen molar-refractivity contribution in [3.63, 3.8) is 0 Å². The highest BCUT2D eigenvalue weighted by Crippen LogP contribution is 2.25. The van der Waals surface area contributed by atoms with E-state index in [4.69, 9.17) is 11.6 Å². The van der Waals surface area contributed by atoms with Crippen molar-refractivity contribution >= 4 is 34.8 Å². The Balaban J connectivity index is 1.87. The third-order valence-corrected chi connectivity index (χ3v) is 4.74. The van der Waals surface area contributed by atoms with Crippen molar-refractivity contribution in [3.8, 4) is 0 Å². The van der Waals surface area contributed by atoms with Crippen LogP contribution in [0.4, 0.5) is 11.4 Å². The monoisotopic (exact) mass is 387 g/mol. The Morgan fingerprint density at radius 2 is 1.85 bits per heavy atom. The van der Waals surface area contributed by atoms with Crippen molar-refractivity contribution in [2.75, 3.05) is 18.4 Å². The van der Waals surface area contributed by atoms with E-state index in [0.29, 0.717) is 34.9 Å². The molecule has 1 heterocycles. The first-order chi connectivity index (χ1) is 12.9. The molecule has 140 valence electrons. The molecule has 2 amide bonds. The van der Waals surface area contributed by atoms with Gasteiger partial charge in [0.2, 0.25) is 0 Å². The number of anilines is 1. The number of nitro benzene ring substituents is 1. The zero-order chi connectivity index (χ0) is 19.6. The lowest BCUT2D eigenvalue weighted by Crippen LogP contribution is -2.28. The van der Waals surface area contributed by atoms with E-state index in [-0.39, 0.29) is 17.2 Å². The first kappa shape index (κ1) is 18.8. The number of hydrogen-bond donors (Lipinski definition) is 1. The van der Waals surface area contributed by atoms with E-state index >= 15 is 0 Å². The summed E-state index contributed by atoms with van der Waals surface area (Å²) in [5.41, 5.74) is 1.29. The molecule has 0 spiro atoms. The number of carbonyl (C=O) groups is 2. The summed E-state index contributed by atoms with van der Waals surface area (Å²) in [4.78, 5) is 37.5. The third kappa shape index (κ3) is 4.09. The topological polar surface area (TPSA) is 92.6 Å². The number of nitro groups is 1. The van der Waals surface area contributed by atoms with Crippen LogP contribution in [0.2, 0.25) is 5.02 Å². The zero-order valence-electron chi connectivity index (χ0n) is 14.7. The number of benzene rings is 2. The van der Waals surface area contributed by atoms with Crippen LogP contribution in [0, 0.1) is 17.0 Å². The molecule has 8 heteroatoms. The second-order valence-electron chi connectivity index (χ2n) is 6.40. The minimum Gasteiger partial charge on any atom is -0.339 e. The maximum absolute atomic E-state index is 12.8. The predicted octanol–water partition coefficient (Wildman–Crippen LogP) is 4.04. The molecule has 2 aromatic rings. The molecule has 1 aliphatic rings. The van der Waals surface area contributed by atoms with Gasteiger partial charge >= 0.3 is 0 Å². The first-order valence-corrected chi connectivity index (χ1v) is 8.90. The van der Waals surface area contributed by atoms with Crippen LogP contribution in [0.25, 0.3) is 0 Å². The Labute approximate surface area is 161 Å². The number of nitrogens with one attached hydrogen (secondary N) is 1. The highest BCUT2D eigenvalue weighted by Gasteiger charge is 2.23. The number of aryl methyl sites for hydroxylation is 1. The highest BCUT2D eigenvalue weighted by molar-refractivity contribution is 6.31. The van der Waals surface area contributed by atoms with Crippen molar-refractivity contribution in [3.05, 3.63) is 68.2 Å². The van der Waals surface area contributed by atoms with Crippen molar-refractivity contribution in [1.82, 2.24) is 4.90 Å². The molecule has 1 aliphatic heterocycles. The number of amides is 2. The van der Waals surface area contributed by atoms with Gasteiger partial charge in [-0.3, -0.25) is 19.7 Å². The lowest BCUT2D eigenvalue weighted by molar-refractivity contribution is -0.385. The van der Waals surface area contributed by atoms with Gasteiger partial charge < -0.3 is 10.2 Å². The number of hydrogen-bond acceptors (Lipinski definition) is 4. The Bertz CT molecular complexity index is 923. The van der Waals surface area contributed by atoms with Gasteiger partial charge in [0.25, 0.3) is 17.5 Å². The lowest BCUT2D eigenvalue weighted by Gasteiger charge is -2.18. The molecule has 1 saturated heterocycles. The van der Waals surface area contributed by atoms with E-state index in [9.17, 15) is 19.7 Å². The summed E-state index contributed by atoms with van der Waals surface area (Å²) in [5.74, 6) is -0.629. The summed E-state index contributed by atoms with van der Waals surface area (Å²) in [6.07, 6.45) is 1.91. The minimum absolute atomic E-state index is 0.0528. The summed E-state index contributed by atoms with van der Waals surface area (Å²) >= 11 is 6.04. The fourth-order valence-corrected chi connectivity index (χ4v) is 3.26. The molecule has 0 unspecified atom stereocenters. The number of rotatable bonds is 4. The van der Waals surface area contributed by atoms with Gasteiger partial charge in [0.05, 0.1) is 16.2 Å². The normalized spacial score (nSPS) is 13.5. The largest absolute Gasteiger partial charge is 0.339 e. The van der Waals surface area contributed by atoms with Gasteiger partial charge in [0.1, 0.15) is 0 Å². The molecule has 1 fully saturated rings. The van der Waals surface area contributed by atoms with Crippen molar-refractivity contribution in [2.24, 2.45) is 0 Å². The molecule has 3 rings (SSSR count). The Hall–Kier alpha value is -2.93. The number of likely N-dealkylation sites (tertiary alicyclic amines) is 1. The van der Waals surface area contributed by atoms with Crippen LogP contribution >= 0.6 is 11.6 Å². The molecule has 0 aliphatic carbocycles. The Morgan fingerprint density at radius 3 is 2.48 bits per heavy atom. The second-order valence-corrected chi connectivity index (χ2v) is 6.84. The average molecular weight is 388 g/mol. The first-order valence-electron chi connectivity index (χ1n) is 8.52. The zero-order valence-corrected chi connectivity index (χ0v) is 15.5. The quantitative estimate of drug-likeness (QED) is 0.632. The van der Waals surface area contributed by atoms with Crippen molar-refractivity contribution in [1.29, 1.82) is 0 Å². The van der Waals surface area contributed by atoms with Crippen LogP contribution in [0.5, 0.6) is 0 Å². The molecule has 1 N–H and O–H groups in total. The Morgan fingerprint density at radius 1 is 1.15 bits per heavy atom. The SMILES string of the molecule is Cc1cc(C(=O)Nc2ccc(Cl)cc2C(=O)N2CCCC2)ccc1[N+](=O)[O-]. The molecule has 2 aromatic carbocycles. The number of halogens is 1. The third-order valence-electron chi connectivity index (χ3n) is 4.51. The summed E-state index contributed by atoms with van der Waals surface area (Å²) in [5, 5.41) is 14.0. The van der Waals surface area contributed by atoms with Gasteiger partial charge in [-0.15, -0.1) is 0 Å². The van der Waals surface area contributed by atoms with Crippen LogP contribution in [0.3, 0.4) is 0 Å². The molecule has 0 radical (unpaired) electrons. The molecule has 0 atom stereocenters. The van der Waals surface area contributed by atoms with E-state index in [1.165, 1.54) is 18.2 Å². The fourth-order valence-electron chi connectivity index (χ4n) is 3.09. The van der Waals surface area contributed by atoms with Crippen LogP contribution < -0.4 is 5.32 Å². The molecule has 0 bridgehead atoms. The lowest BCUT2D eigenvalue weighted by atomic mass is 10.1. The van der Waals surface area contributed by atoms with E-state index in [2.05, 4.69) is 5.32 Å².